The van der Waals surface area contributed by atoms with E-state index in [1.807, 2.05) is 24.3 Å². The molecule has 0 aliphatic rings. The second-order valence-electron chi connectivity index (χ2n) is 3.91. The minimum absolute atomic E-state index is 0.421. The molecule has 0 aliphatic carbocycles. The highest BCUT2D eigenvalue weighted by molar-refractivity contribution is 5.81. The Hall–Kier alpha value is -1.94. The molecular formula is C14H15NO3. The minimum Gasteiger partial charge on any atom is -0.490 e. The molecule has 0 atom stereocenters. The summed E-state index contributed by atoms with van der Waals surface area (Å²) in [5.41, 5.74) is 1.87. The van der Waals surface area contributed by atoms with Crippen LogP contribution in [0.2, 0.25) is 0 Å². The quantitative estimate of drug-likeness (QED) is 0.577. The van der Waals surface area contributed by atoms with Crippen molar-refractivity contribution in [3.05, 3.63) is 36.0 Å². The molecule has 4 heteroatoms. The van der Waals surface area contributed by atoms with Gasteiger partial charge in [0.1, 0.15) is 18.6 Å². The van der Waals surface area contributed by atoms with E-state index in [1.165, 1.54) is 0 Å². The highest BCUT2D eigenvalue weighted by atomic mass is 16.5. The van der Waals surface area contributed by atoms with Gasteiger partial charge in [0.25, 0.3) is 0 Å². The second kappa shape index (κ2) is 6.12. The molecule has 4 nitrogen and oxygen atoms in total. The number of carbonyl (C=O) groups excluding carboxylic acids is 1. The predicted octanol–water partition coefficient (Wildman–Crippen LogP) is 2.00. The summed E-state index contributed by atoms with van der Waals surface area (Å²) in [5, 5.41) is 0.976. The molecule has 0 saturated heterocycles. The van der Waals surface area contributed by atoms with Gasteiger partial charge in [-0.2, -0.15) is 0 Å². The molecule has 0 amide bonds. The molecular weight excluding hydrogens is 230 g/mol. The van der Waals surface area contributed by atoms with Crippen LogP contribution >= 0.6 is 0 Å². The number of pyridine rings is 1. The van der Waals surface area contributed by atoms with E-state index >= 15 is 0 Å². The highest BCUT2D eigenvalue weighted by Gasteiger charge is 2.00. The molecule has 94 valence electrons. The van der Waals surface area contributed by atoms with Gasteiger partial charge in [0.05, 0.1) is 18.3 Å². The van der Waals surface area contributed by atoms with Crippen molar-refractivity contribution in [2.75, 3.05) is 20.3 Å². The molecule has 0 radical (unpaired) electrons. The fourth-order valence-corrected chi connectivity index (χ4v) is 1.71. The number of hydrogen-bond donors (Lipinski definition) is 0. The van der Waals surface area contributed by atoms with E-state index in [2.05, 4.69) is 4.98 Å². The standard InChI is InChI=1S/C14H15NO3/c1-17-6-7-18-13-9-12-8-11(4-5-16)2-3-14(12)15-10-13/h2-3,5,8-10H,4,6-7H2,1H3. The lowest BCUT2D eigenvalue weighted by atomic mass is 10.1. The Morgan fingerprint density at radius 2 is 2.17 bits per heavy atom. The summed E-state index contributed by atoms with van der Waals surface area (Å²) < 4.78 is 10.4. The minimum atomic E-state index is 0.421. The third-order valence-electron chi connectivity index (χ3n) is 2.60. The third kappa shape index (κ3) is 3.05. The van der Waals surface area contributed by atoms with E-state index in [9.17, 15) is 4.79 Å². The van der Waals surface area contributed by atoms with Crippen LogP contribution in [-0.4, -0.2) is 31.6 Å². The number of hydrogen-bond acceptors (Lipinski definition) is 4. The van der Waals surface area contributed by atoms with Gasteiger partial charge in [0, 0.05) is 18.9 Å². The molecule has 0 unspecified atom stereocenters. The van der Waals surface area contributed by atoms with Gasteiger partial charge in [-0.05, 0) is 23.8 Å². The molecule has 0 spiro atoms. The Morgan fingerprint density at radius 1 is 1.28 bits per heavy atom. The number of carbonyl (C=O) groups is 1. The largest absolute Gasteiger partial charge is 0.490 e. The SMILES string of the molecule is COCCOc1cnc2ccc(CC=O)cc2c1. The summed E-state index contributed by atoms with van der Waals surface area (Å²) >= 11 is 0. The summed E-state index contributed by atoms with van der Waals surface area (Å²) in [6.07, 6.45) is 3.01. The van der Waals surface area contributed by atoms with E-state index < -0.39 is 0 Å². The molecule has 0 N–H and O–H groups in total. The van der Waals surface area contributed by atoms with Crippen LogP contribution in [0.5, 0.6) is 5.75 Å². The lowest BCUT2D eigenvalue weighted by Crippen LogP contribution is -2.04. The number of benzene rings is 1. The van der Waals surface area contributed by atoms with E-state index in [0.29, 0.717) is 25.4 Å². The number of aldehydes is 1. The number of fused-ring (bicyclic) bond motifs is 1. The summed E-state index contributed by atoms with van der Waals surface area (Å²) in [6, 6.07) is 7.70. The Morgan fingerprint density at radius 3 is 2.94 bits per heavy atom. The maximum Gasteiger partial charge on any atom is 0.138 e. The summed E-state index contributed by atoms with van der Waals surface area (Å²) in [6.45, 7) is 1.04. The number of ether oxygens (including phenoxy) is 2. The van der Waals surface area contributed by atoms with E-state index in [1.54, 1.807) is 13.3 Å². The van der Waals surface area contributed by atoms with Crippen molar-refractivity contribution in [2.45, 2.75) is 6.42 Å². The Bertz CT molecular complexity index is 540. The first-order chi connectivity index (χ1) is 8.83. The van der Waals surface area contributed by atoms with Gasteiger partial charge in [0.2, 0.25) is 0 Å². The van der Waals surface area contributed by atoms with E-state index in [4.69, 9.17) is 9.47 Å². The average Bonchev–Trinajstić information content (AvgIpc) is 2.39. The molecule has 2 aromatic rings. The van der Waals surface area contributed by atoms with Crippen molar-refractivity contribution in [1.29, 1.82) is 0 Å². The maximum absolute atomic E-state index is 10.5. The van der Waals surface area contributed by atoms with Crippen LogP contribution in [0.1, 0.15) is 5.56 Å². The number of rotatable bonds is 6. The van der Waals surface area contributed by atoms with Crippen LogP contribution in [-0.2, 0) is 16.0 Å². The summed E-state index contributed by atoms with van der Waals surface area (Å²) in [4.78, 5) is 14.8. The van der Waals surface area contributed by atoms with Crippen LogP contribution < -0.4 is 4.74 Å². The number of nitrogens with zero attached hydrogens (tertiary/aromatic N) is 1. The van der Waals surface area contributed by atoms with Gasteiger partial charge in [-0.15, -0.1) is 0 Å². The molecule has 1 aromatic heterocycles. The van der Waals surface area contributed by atoms with Gasteiger partial charge in [-0.25, -0.2) is 0 Å². The Labute approximate surface area is 106 Å². The fourth-order valence-electron chi connectivity index (χ4n) is 1.71. The Balaban J connectivity index is 2.21. The molecule has 1 heterocycles. The van der Waals surface area contributed by atoms with E-state index in [-0.39, 0.29) is 0 Å². The number of methoxy groups -OCH3 is 1. The first-order valence-electron chi connectivity index (χ1n) is 5.77. The van der Waals surface area contributed by atoms with Crippen LogP contribution in [0.4, 0.5) is 0 Å². The third-order valence-corrected chi connectivity index (χ3v) is 2.60. The van der Waals surface area contributed by atoms with Gasteiger partial charge >= 0.3 is 0 Å². The van der Waals surface area contributed by atoms with Crippen LogP contribution in [0.25, 0.3) is 10.9 Å². The zero-order chi connectivity index (χ0) is 12.8. The van der Waals surface area contributed by atoms with Crippen molar-refractivity contribution in [3.63, 3.8) is 0 Å². The molecule has 18 heavy (non-hydrogen) atoms. The lowest BCUT2D eigenvalue weighted by molar-refractivity contribution is -0.107. The molecule has 0 saturated carbocycles. The summed E-state index contributed by atoms with van der Waals surface area (Å²) in [5.74, 6) is 0.711. The van der Waals surface area contributed by atoms with Crippen LogP contribution in [0.15, 0.2) is 30.5 Å². The van der Waals surface area contributed by atoms with Gasteiger partial charge in [-0.3, -0.25) is 4.98 Å². The normalized spacial score (nSPS) is 10.5. The van der Waals surface area contributed by atoms with Crippen LogP contribution in [0, 0.1) is 0 Å². The summed E-state index contributed by atoms with van der Waals surface area (Å²) in [7, 11) is 1.63. The maximum atomic E-state index is 10.5. The van der Waals surface area contributed by atoms with Crippen molar-refractivity contribution in [3.8, 4) is 5.75 Å². The predicted molar refractivity (Wildman–Crippen MR) is 68.9 cm³/mol. The van der Waals surface area contributed by atoms with E-state index in [0.717, 1.165) is 22.8 Å². The number of aromatic nitrogens is 1. The molecule has 1 aromatic carbocycles. The molecule has 2 rings (SSSR count). The second-order valence-corrected chi connectivity index (χ2v) is 3.91. The van der Waals surface area contributed by atoms with Gasteiger partial charge in [-0.1, -0.05) is 6.07 Å². The zero-order valence-electron chi connectivity index (χ0n) is 10.3. The molecule has 0 fully saturated rings. The van der Waals surface area contributed by atoms with Crippen molar-refractivity contribution in [2.24, 2.45) is 0 Å². The van der Waals surface area contributed by atoms with Crippen molar-refractivity contribution < 1.29 is 14.3 Å². The molecule has 0 aliphatic heterocycles. The van der Waals surface area contributed by atoms with Crippen molar-refractivity contribution >= 4 is 17.2 Å². The topological polar surface area (TPSA) is 48.4 Å². The first kappa shape index (κ1) is 12.5. The molecule has 0 bridgehead atoms. The zero-order valence-corrected chi connectivity index (χ0v) is 10.3. The first-order valence-corrected chi connectivity index (χ1v) is 5.77. The average molecular weight is 245 g/mol. The van der Waals surface area contributed by atoms with Crippen LogP contribution in [0.3, 0.4) is 0 Å². The smallest absolute Gasteiger partial charge is 0.138 e. The van der Waals surface area contributed by atoms with Crippen molar-refractivity contribution in [1.82, 2.24) is 4.98 Å². The van der Waals surface area contributed by atoms with Gasteiger partial charge in [0.15, 0.2) is 0 Å². The fraction of sp³-hybridized carbons (Fsp3) is 0.286. The highest BCUT2D eigenvalue weighted by Crippen LogP contribution is 2.19. The Kier molecular flexibility index (Phi) is 4.25. The van der Waals surface area contributed by atoms with Gasteiger partial charge < -0.3 is 14.3 Å². The lowest BCUT2D eigenvalue weighted by Gasteiger charge is -2.06. The monoisotopic (exact) mass is 245 g/mol.